The van der Waals surface area contributed by atoms with Crippen LogP contribution in [-0.4, -0.2) is 43.7 Å². The fourth-order valence-corrected chi connectivity index (χ4v) is 2.92. The summed E-state index contributed by atoms with van der Waals surface area (Å²) >= 11 is 6.29. The van der Waals surface area contributed by atoms with Crippen molar-refractivity contribution in [2.75, 3.05) is 32.8 Å². The SMILES string of the molecule is C=CCOCCCC(=O)N1CCNCC1c1ccccc1Cl. The average molecular weight is 323 g/mol. The summed E-state index contributed by atoms with van der Waals surface area (Å²) in [5, 5.41) is 4.05. The van der Waals surface area contributed by atoms with Crippen LogP contribution in [0.4, 0.5) is 0 Å². The van der Waals surface area contributed by atoms with Gasteiger partial charge in [-0.15, -0.1) is 6.58 Å². The molecule has 1 atom stereocenters. The minimum Gasteiger partial charge on any atom is -0.377 e. The average Bonchev–Trinajstić information content (AvgIpc) is 2.55. The number of piperazine rings is 1. The van der Waals surface area contributed by atoms with Gasteiger partial charge in [0.25, 0.3) is 0 Å². The first kappa shape index (κ1) is 17.0. The summed E-state index contributed by atoms with van der Waals surface area (Å²) in [6.07, 6.45) is 2.94. The standard InChI is InChI=1S/C17H23ClN2O2/c1-2-11-22-12-5-8-17(21)20-10-9-19-13-16(20)14-6-3-4-7-15(14)18/h2-4,6-7,16,19H,1,5,8-13H2. The number of hydrogen-bond acceptors (Lipinski definition) is 3. The number of nitrogens with zero attached hydrogens (tertiary/aromatic N) is 1. The van der Waals surface area contributed by atoms with Crippen molar-refractivity contribution in [1.29, 1.82) is 0 Å². The van der Waals surface area contributed by atoms with Crippen molar-refractivity contribution in [3.63, 3.8) is 0 Å². The Kier molecular flexibility index (Phi) is 6.90. The van der Waals surface area contributed by atoms with Crippen molar-refractivity contribution >= 4 is 17.5 Å². The highest BCUT2D eigenvalue weighted by atomic mass is 35.5. The van der Waals surface area contributed by atoms with Crippen LogP contribution in [0.3, 0.4) is 0 Å². The van der Waals surface area contributed by atoms with Gasteiger partial charge in [0, 0.05) is 37.7 Å². The molecule has 22 heavy (non-hydrogen) atoms. The summed E-state index contributed by atoms with van der Waals surface area (Å²) in [4.78, 5) is 14.4. The first-order valence-corrected chi connectivity index (χ1v) is 8.05. The number of rotatable bonds is 7. The molecule has 4 nitrogen and oxygen atoms in total. The first-order chi connectivity index (χ1) is 10.7. The van der Waals surface area contributed by atoms with E-state index in [1.165, 1.54) is 0 Å². The van der Waals surface area contributed by atoms with E-state index in [1.54, 1.807) is 6.08 Å². The molecular weight excluding hydrogens is 300 g/mol. The normalized spacial score (nSPS) is 18.2. The lowest BCUT2D eigenvalue weighted by Gasteiger charge is -2.37. The van der Waals surface area contributed by atoms with Crippen LogP contribution < -0.4 is 5.32 Å². The molecule has 0 spiro atoms. The van der Waals surface area contributed by atoms with E-state index in [4.69, 9.17) is 16.3 Å². The Bertz CT molecular complexity index is 507. The molecule has 1 aromatic carbocycles. The first-order valence-electron chi connectivity index (χ1n) is 7.67. The van der Waals surface area contributed by atoms with Crippen LogP contribution in [0.25, 0.3) is 0 Å². The Morgan fingerprint density at radius 3 is 3.09 bits per heavy atom. The van der Waals surface area contributed by atoms with Gasteiger partial charge in [-0.1, -0.05) is 35.9 Å². The van der Waals surface area contributed by atoms with E-state index >= 15 is 0 Å². The molecule has 1 saturated heterocycles. The van der Waals surface area contributed by atoms with Gasteiger partial charge in [0.2, 0.25) is 5.91 Å². The van der Waals surface area contributed by atoms with E-state index in [-0.39, 0.29) is 11.9 Å². The predicted molar refractivity (Wildman–Crippen MR) is 89.0 cm³/mol. The second-order valence-electron chi connectivity index (χ2n) is 5.30. The largest absolute Gasteiger partial charge is 0.377 e. The van der Waals surface area contributed by atoms with Crippen molar-refractivity contribution in [1.82, 2.24) is 10.2 Å². The smallest absolute Gasteiger partial charge is 0.223 e. The van der Waals surface area contributed by atoms with Gasteiger partial charge in [-0.05, 0) is 18.1 Å². The zero-order valence-electron chi connectivity index (χ0n) is 12.8. The van der Waals surface area contributed by atoms with Gasteiger partial charge in [-0.3, -0.25) is 4.79 Å². The molecule has 0 aromatic heterocycles. The maximum atomic E-state index is 12.5. The number of amides is 1. The second kappa shape index (κ2) is 8.93. The molecule has 1 aromatic rings. The van der Waals surface area contributed by atoms with Gasteiger partial charge in [0.15, 0.2) is 0 Å². The number of hydrogen-bond donors (Lipinski definition) is 1. The van der Waals surface area contributed by atoms with Crippen molar-refractivity contribution < 1.29 is 9.53 Å². The van der Waals surface area contributed by atoms with Crippen LogP contribution in [-0.2, 0) is 9.53 Å². The monoisotopic (exact) mass is 322 g/mol. The molecule has 1 amide bonds. The molecule has 1 heterocycles. The highest BCUT2D eigenvalue weighted by molar-refractivity contribution is 6.31. The van der Waals surface area contributed by atoms with E-state index in [9.17, 15) is 4.79 Å². The van der Waals surface area contributed by atoms with E-state index in [0.29, 0.717) is 31.2 Å². The van der Waals surface area contributed by atoms with Crippen molar-refractivity contribution in [2.45, 2.75) is 18.9 Å². The van der Waals surface area contributed by atoms with Crippen molar-refractivity contribution in [3.8, 4) is 0 Å². The minimum absolute atomic E-state index is 0.00374. The van der Waals surface area contributed by atoms with Crippen LogP contribution in [0.5, 0.6) is 0 Å². The Hall–Kier alpha value is -1.36. The number of benzene rings is 1. The number of carbonyl (C=O) groups excluding carboxylic acids is 1. The Balaban J connectivity index is 1.96. The molecule has 0 bridgehead atoms. The summed E-state index contributed by atoms with van der Waals surface area (Å²) in [6.45, 7) is 6.98. The summed E-state index contributed by atoms with van der Waals surface area (Å²) < 4.78 is 5.33. The molecule has 1 N–H and O–H groups in total. The van der Waals surface area contributed by atoms with Crippen molar-refractivity contribution in [2.24, 2.45) is 0 Å². The maximum absolute atomic E-state index is 12.5. The van der Waals surface area contributed by atoms with Crippen molar-refractivity contribution in [3.05, 3.63) is 47.5 Å². The molecule has 2 rings (SSSR count). The van der Waals surface area contributed by atoms with Gasteiger partial charge < -0.3 is 15.0 Å². The maximum Gasteiger partial charge on any atom is 0.223 e. The topological polar surface area (TPSA) is 41.6 Å². The number of nitrogens with one attached hydrogen (secondary N) is 1. The molecule has 0 aliphatic carbocycles. The quantitative estimate of drug-likeness (QED) is 0.620. The number of halogens is 1. The third-order valence-corrected chi connectivity index (χ3v) is 4.09. The third-order valence-electron chi connectivity index (χ3n) is 3.74. The Morgan fingerprint density at radius 1 is 1.50 bits per heavy atom. The zero-order valence-corrected chi connectivity index (χ0v) is 13.5. The third kappa shape index (κ3) is 4.57. The fraction of sp³-hybridized carbons (Fsp3) is 0.471. The van der Waals surface area contributed by atoms with Gasteiger partial charge in [0.1, 0.15) is 0 Å². The van der Waals surface area contributed by atoms with Gasteiger partial charge in [-0.25, -0.2) is 0 Å². The van der Waals surface area contributed by atoms with Crippen LogP contribution in [0.1, 0.15) is 24.4 Å². The molecule has 1 aliphatic rings. The lowest BCUT2D eigenvalue weighted by molar-refractivity contribution is -0.134. The lowest BCUT2D eigenvalue weighted by Crippen LogP contribution is -2.48. The zero-order chi connectivity index (χ0) is 15.8. The minimum atomic E-state index is 0.00374. The van der Waals surface area contributed by atoms with Crippen LogP contribution >= 0.6 is 11.6 Å². The number of ether oxygens (including phenoxy) is 1. The molecule has 0 radical (unpaired) electrons. The fourth-order valence-electron chi connectivity index (χ4n) is 2.66. The molecule has 1 aliphatic heterocycles. The van der Waals surface area contributed by atoms with Gasteiger partial charge >= 0.3 is 0 Å². The van der Waals surface area contributed by atoms with E-state index in [2.05, 4.69) is 11.9 Å². The molecule has 0 saturated carbocycles. The highest BCUT2D eigenvalue weighted by Crippen LogP contribution is 2.28. The summed E-state index contributed by atoms with van der Waals surface area (Å²) in [7, 11) is 0. The lowest BCUT2D eigenvalue weighted by atomic mass is 10.0. The second-order valence-corrected chi connectivity index (χ2v) is 5.70. The van der Waals surface area contributed by atoms with E-state index < -0.39 is 0 Å². The van der Waals surface area contributed by atoms with Crippen LogP contribution in [0, 0.1) is 0 Å². The molecule has 1 unspecified atom stereocenters. The van der Waals surface area contributed by atoms with Gasteiger partial charge in [-0.2, -0.15) is 0 Å². The highest BCUT2D eigenvalue weighted by Gasteiger charge is 2.28. The van der Waals surface area contributed by atoms with Gasteiger partial charge in [0.05, 0.1) is 12.6 Å². The molecule has 120 valence electrons. The van der Waals surface area contributed by atoms with Crippen LogP contribution in [0.2, 0.25) is 5.02 Å². The summed E-state index contributed by atoms with van der Waals surface area (Å²) in [5.41, 5.74) is 1.01. The summed E-state index contributed by atoms with van der Waals surface area (Å²) in [6, 6.07) is 7.74. The predicted octanol–water partition coefficient (Wildman–Crippen LogP) is 2.80. The number of carbonyl (C=O) groups is 1. The molecule has 5 heteroatoms. The Labute approximate surface area is 137 Å². The van der Waals surface area contributed by atoms with Crippen LogP contribution in [0.15, 0.2) is 36.9 Å². The molecular formula is C17H23ClN2O2. The van der Waals surface area contributed by atoms with E-state index in [1.807, 2.05) is 29.2 Å². The summed E-state index contributed by atoms with van der Waals surface area (Å²) in [5.74, 6) is 0.161. The molecule has 1 fully saturated rings. The van der Waals surface area contributed by atoms with E-state index in [0.717, 1.165) is 25.1 Å². The Morgan fingerprint density at radius 2 is 2.32 bits per heavy atom.